The SMILES string of the molecule is CCc1ccc(C2=C[C@@H]3c4ccccc4O[C@@H](CCSC)N3N2)cc1. The topological polar surface area (TPSA) is 24.5 Å². The highest BCUT2D eigenvalue weighted by molar-refractivity contribution is 7.98. The average Bonchev–Trinajstić information content (AvgIpc) is 3.12. The Labute approximate surface area is 154 Å². The summed E-state index contributed by atoms with van der Waals surface area (Å²) in [7, 11) is 0. The predicted molar refractivity (Wildman–Crippen MR) is 105 cm³/mol. The molecular formula is C21H24N2OS. The highest BCUT2D eigenvalue weighted by atomic mass is 32.2. The zero-order chi connectivity index (χ0) is 17.2. The Morgan fingerprint density at radius 1 is 1.12 bits per heavy atom. The summed E-state index contributed by atoms with van der Waals surface area (Å²) in [5.74, 6) is 2.09. The first-order valence-electron chi connectivity index (χ1n) is 8.91. The van der Waals surface area contributed by atoms with Gasteiger partial charge in [0.1, 0.15) is 5.75 Å². The molecule has 130 valence electrons. The van der Waals surface area contributed by atoms with Gasteiger partial charge in [0.15, 0.2) is 6.23 Å². The molecule has 0 amide bonds. The summed E-state index contributed by atoms with van der Waals surface area (Å²) < 4.78 is 6.29. The minimum Gasteiger partial charge on any atom is -0.473 e. The largest absolute Gasteiger partial charge is 0.473 e. The van der Waals surface area contributed by atoms with Gasteiger partial charge in [0, 0.05) is 12.0 Å². The molecule has 2 aromatic rings. The van der Waals surface area contributed by atoms with Crippen molar-refractivity contribution in [2.75, 3.05) is 12.0 Å². The fourth-order valence-corrected chi connectivity index (χ4v) is 3.95. The van der Waals surface area contributed by atoms with Gasteiger partial charge in [-0.2, -0.15) is 16.8 Å². The third-order valence-corrected chi connectivity index (χ3v) is 5.57. The second-order valence-corrected chi connectivity index (χ2v) is 7.47. The average molecular weight is 353 g/mol. The van der Waals surface area contributed by atoms with Gasteiger partial charge in [-0.05, 0) is 41.7 Å². The zero-order valence-electron chi connectivity index (χ0n) is 14.7. The maximum Gasteiger partial charge on any atom is 0.170 e. The van der Waals surface area contributed by atoms with Gasteiger partial charge in [0.05, 0.1) is 11.7 Å². The second kappa shape index (κ2) is 7.14. The van der Waals surface area contributed by atoms with Crippen LogP contribution in [-0.4, -0.2) is 23.2 Å². The molecule has 1 N–H and O–H groups in total. The smallest absolute Gasteiger partial charge is 0.170 e. The van der Waals surface area contributed by atoms with Gasteiger partial charge in [-0.1, -0.05) is 49.4 Å². The summed E-state index contributed by atoms with van der Waals surface area (Å²) in [6, 6.07) is 17.5. The Morgan fingerprint density at radius 2 is 1.92 bits per heavy atom. The number of hydrogen-bond acceptors (Lipinski definition) is 4. The lowest BCUT2D eigenvalue weighted by molar-refractivity contribution is -0.0313. The lowest BCUT2D eigenvalue weighted by Crippen LogP contribution is -2.48. The standard InChI is InChI=1S/C21H24N2OS/c1-3-15-8-10-16(11-9-15)18-14-19-17-6-4-5-7-20(17)24-21(12-13-25-2)23(19)22-18/h4-11,14,19,21-22H,3,12-13H2,1-2H3/t19-,21+/m1/s1. The van der Waals surface area contributed by atoms with Gasteiger partial charge in [0.2, 0.25) is 0 Å². The van der Waals surface area contributed by atoms with Crippen molar-refractivity contribution in [2.45, 2.75) is 32.0 Å². The summed E-state index contributed by atoms with van der Waals surface area (Å²) in [5.41, 5.74) is 8.60. The molecule has 0 fully saturated rings. The number of para-hydroxylation sites is 1. The van der Waals surface area contributed by atoms with Gasteiger partial charge >= 0.3 is 0 Å². The van der Waals surface area contributed by atoms with Crippen LogP contribution in [0.5, 0.6) is 5.75 Å². The van der Waals surface area contributed by atoms with E-state index in [9.17, 15) is 0 Å². The maximum atomic E-state index is 6.29. The molecule has 2 aromatic carbocycles. The van der Waals surface area contributed by atoms with Gasteiger partial charge < -0.3 is 10.2 Å². The third-order valence-electron chi connectivity index (χ3n) is 4.93. The monoisotopic (exact) mass is 352 g/mol. The van der Waals surface area contributed by atoms with Crippen molar-refractivity contribution in [3.8, 4) is 5.75 Å². The number of rotatable bonds is 5. The van der Waals surface area contributed by atoms with E-state index in [2.05, 4.69) is 78.2 Å². The second-order valence-electron chi connectivity index (χ2n) is 6.49. The van der Waals surface area contributed by atoms with Crippen molar-refractivity contribution in [1.29, 1.82) is 0 Å². The molecule has 2 aliphatic heterocycles. The molecule has 0 bridgehead atoms. The molecule has 2 atom stereocenters. The van der Waals surface area contributed by atoms with Crippen molar-refractivity contribution < 1.29 is 4.74 Å². The van der Waals surface area contributed by atoms with Crippen LogP contribution in [0.15, 0.2) is 54.6 Å². The van der Waals surface area contributed by atoms with Crippen molar-refractivity contribution in [3.63, 3.8) is 0 Å². The molecule has 3 nitrogen and oxygen atoms in total. The van der Waals surface area contributed by atoms with E-state index in [1.54, 1.807) is 0 Å². The first kappa shape index (κ1) is 16.6. The molecule has 0 saturated carbocycles. The Morgan fingerprint density at radius 3 is 2.68 bits per heavy atom. The first-order chi connectivity index (χ1) is 12.3. The molecule has 0 aliphatic carbocycles. The Balaban J connectivity index is 1.66. The normalized spacial score (nSPS) is 21.8. The molecular weight excluding hydrogens is 328 g/mol. The molecule has 25 heavy (non-hydrogen) atoms. The number of thioether (sulfide) groups is 1. The van der Waals surface area contributed by atoms with E-state index in [1.165, 1.54) is 22.4 Å². The van der Waals surface area contributed by atoms with Gasteiger partial charge in [-0.25, -0.2) is 0 Å². The van der Waals surface area contributed by atoms with E-state index < -0.39 is 0 Å². The lowest BCUT2D eigenvalue weighted by Gasteiger charge is -2.38. The van der Waals surface area contributed by atoms with Crippen LogP contribution in [0.25, 0.3) is 5.70 Å². The van der Waals surface area contributed by atoms with Crippen molar-refractivity contribution in [2.24, 2.45) is 0 Å². The number of ether oxygens (including phenoxy) is 1. The van der Waals surface area contributed by atoms with Crippen LogP contribution in [-0.2, 0) is 6.42 Å². The molecule has 0 spiro atoms. The minimum absolute atomic E-state index is 0.0519. The Kier molecular flexibility index (Phi) is 4.73. The van der Waals surface area contributed by atoms with Gasteiger partial charge in [-0.3, -0.25) is 0 Å². The predicted octanol–water partition coefficient (Wildman–Crippen LogP) is 4.62. The van der Waals surface area contributed by atoms with Gasteiger partial charge in [0.25, 0.3) is 0 Å². The third kappa shape index (κ3) is 3.16. The number of hydrazine groups is 1. The summed E-state index contributed by atoms with van der Waals surface area (Å²) in [5, 5.41) is 2.27. The molecule has 4 rings (SSSR count). The quantitative estimate of drug-likeness (QED) is 0.848. The molecule has 4 heteroatoms. The Bertz CT molecular complexity index is 772. The van der Waals surface area contributed by atoms with Crippen LogP contribution < -0.4 is 10.2 Å². The number of aryl methyl sites for hydroxylation is 1. The van der Waals surface area contributed by atoms with Crippen LogP contribution >= 0.6 is 11.8 Å². The fraction of sp³-hybridized carbons (Fsp3) is 0.333. The van der Waals surface area contributed by atoms with Crippen LogP contribution in [0.2, 0.25) is 0 Å². The number of fused-ring (bicyclic) bond motifs is 3. The molecule has 0 saturated heterocycles. The number of nitrogens with zero attached hydrogens (tertiary/aromatic N) is 1. The number of benzene rings is 2. The fourth-order valence-electron chi connectivity index (χ4n) is 3.51. The van der Waals surface area contributed by atoms with Crippen LogP contribution in [0.1, 0.15) is 36.1 Å². The van der Waals surface area contributed by atoms with Crippen molar-refractivity contribution in [3.05, 3.63) is 71.3 Å². The van der Waals surface area contributed by atoms with E-state index in [1.807, 2.05) is 11.8 Å². The van der Waals surface area contributed by atoms with Crippen LogP contribution in [0, 0.1) is 0 Å². The molecule has 0 aromatic heterocycles. The molecule has 0 unspecified atom stereocenters. The Hall–Kier alpha value is -1.91. The van der Waals surface area contributed by atoms with Crippen LogP contribution in [0.3, 0.4) is 0 Å². The van der Waals surface area contributed by atoms with E-state index in [0.717, 1.165) is 24.3 Å². The maximum absolute atomic E-state index is 6.29. The summed E-state index contributed by atoms with van der Waals surface area (Å²) in [4.78, 5) is 0. The summed E-state index contributed by atoms with van der Waals surface area (Å²) in [6.45, 7) is 2.19. The van der Waals surface area contributed by atoms with E-state index in [4.69, 9.17) is 4.74 Å². The van der Waals surface area contributed by atoms with Gasteiger partial charge in [-0.15, -0.1) is 0 Å². The minimum atomic E-state index is 0.0519. The highest BCUT2D eigenvalue weighted by Crippen LogP contribution is 2.42. The zero-order valence-corrected chi connectivity index (χ0v) is 15.6. The van der Waals surface area contributed by atoms with Crippen molar-refractivity contribution >= 4 is 17.5 Å². The number of hydrogen-bond donors (Lipinski definition) is 1. The van der Waals surface area contributed by atoms with E-state index >= 15 is 0 Å². The van der Waals surface area contributed by atoms with E-state index in [0.29, 0.717) is 0 Å². The van der Waals surface area contributed by atoms with E-state index in [-0.39, 0.29) is 12.3 Å². The first-order valence-corrected chi connectivity index (χ1v) is 10.3. The lowest BCUT2D eigenvalue weighted by atomic mass is 10.0. The molecule has 0 radical (unpaired) electrons. The highest BCUT2D eigenvalue weighted by Gasteiger charge is 2.38. The van der Waals surface area contributed by atoms with Crippen molar-refractivity contribution in [1.82, 2.24) is 10.4 Å². The summed E-state index contributed by atoms with van der Waals surface area (Å²) in [6.07, 6.45) is 6.59. The molecule has 2 heterocycles. The van der Waals surface area contributed by atoms with Crippen LogP contribution in [0.4, 0.5) is 0 Å². The summed E-state index contributed by atoms with van der Waals surface area (Å²) >= 11 is 1.86. The molecule has 2 aliphatic rings. The number of nitrogens with one attached hydrogen (secondary N) is 1.